The van der Waals surface area contributed by atoms with E-state index >= 15 is 0 Å². The number of anilines is 2. The monoisotopic (exact) mass is 535 g/mol. The van der Waals surface area contributed by atoms with Crippen LogP contribution in [0.2, 0.25) is 30.7 Å². The van der Waals surface area contributed by atoms with Crippen LogP contribution in [0.4, 0.5) is 15.8 Å². The van der Waals surface area contributed by atoms with E-state index in [1.165, 1.54) is 18.2 Å². The van der Waals surface area contributed by atoms with Gasteiger partial charge in [-0.25, -0.2) is 14.2 Å². The molecule has 0 unspecified atom stereocenters. The number of aryl methyl sites for hydroxylation is 1. The summed E-state index contributed by atoms with van der Waals surface area (Å²) < 4.78 is 21.8. The molecule has 1 aromatic carbocycles. The Hall–Kier alpha value is -2.75. The molecule has 0 spiro atoms. The van der Waals surface area contributed by atoms with Gasteiger partial charge in [-0.05, 0) is 49.4 Å². The van der Waals surface area contributed by atoms with Gasteiger partial charge in [-0.2, -0.15) is 10.2 Å². The number of fused-ring (bicyclic) bond motifs is 1. The van der Waals surface area contributed by atoms with Gasteiger partial charge in [0.05, 0.1) is 22.8 Å². The summed E-state index contributed by atoms with van der Waals surface area (Å²) in [7, 11) is -1.28. The molecular formula is C25H28ClFLiN5O3Si. The largest absolute Gasteiger partial charge is 1.00 e. The van der Waals surface area contributed by atoms with Gasteiger partial charge in [0, 0.05) is 36.8 Å². The number of hydrogen-bond acceptors (Lipinski definition) is 6. The first-order valence-corrected chi connectivity index (χ1v) is 15.5. The predicted octanol–water partition coefficient (Wildman–Crippen LogP) is 3.46. The molecule has 0 fully saturated rings. The van der Waals surface area contributed by atoms with Crippen molar-refractivity contribution < 1.29 is 39.3 Å². The van der Waals surface area contributed by atoms with Crippen LogP contribution in [-0.4, -0.2) is 45.5 Å². The molecule has 0 aliphatic rings. The smallest absolute Gasteiger partial charge is 1.00 e. The first-order valence-electron chi connectivity index (χ1n) is 11.4. The van der Waals surface area contributed by atoms with Crippen molar-refractivity contribution in [2.45, 2.75) is 39.3 Å². The van der Waals surface area contributed by atoms with Crippen molar-refractivity contribution in [1.82, 2.24) is 19.7 Å². The topological polar surface area (TPSA) is 102 Å². The summed E-state index contributed by atoms with van der Waals surface area (Å²) in [5, 5.41) is 22.4. The summed E-state index contributed by atoms with van der Waals surface area (Å²) in [5.74, 6) is -1.54. The second kappa shape index (κ2) is 11.8. The molecule has 3 aromatic heterocycles. The summed E-state index contributed by atoms with van der Waals surface area (Å²) in [6.45, 7) is 9.17. The Morgan fingerprint density at radius 1 is 1.19 bits per heavy atom. The third-order valence-corrected chi connectivity index (χ3v) is 7.62. The van der Waals surface area contributed by atoms with Crippen LogP contribution in [0.3, 0.4) is 0 Å². The third kappa shape index (κ3) is 6.77. The zero-order valence-electron chi connectivity index (χ0n) is 22.5. The van der Waals surface area contributed by atoms with E-state index in [4.69, 9.17) is 16.3 Å². The van der Waals surface area contributed by atoms with Gasteiger partial charge in [0.15, 0.2) is 0 Å². The van der Waals surface area contributed by atoms with E-state index in [9.17, 15) is 14.3 Å². The second-order valence-corrected chi connectivity index (χ2v) is 15.7. The molecule has 0 atom stereocenters. The van der Waals surface area contributed by atoms with E-state index in [2.05, 4.69) is 40.1 Å². The molecule has 4 rings (SSSR count). The van der Waals surface area contributed by atoms with Crippen LogP contribution in [0.1, 0.15) is 17.6 Å². The van der Waals surface area contributed by atoms with Crippen molar-refractivity contribution in [2.24, 2.45) is 0 Å². The molecule has 4 aromatic rings. The number of aromatic carboxylic acids is 1. The van der Waals surface area contributed by atoms with Gasteiger partial charge in [-0.15, -0.1) is 0 Å². The molecule has 37 heavy (non-hydrogen) atoms. The fourth-order valence-electron chi connectivity index (χ4n) is 3.65. The van der Waals surface area contributed by atoms with Crippen molar-refractivity contribution in [3.8, 4) is 11.3 Å². The SMILES string of the molecule is Cc1nnc(-c2cc(Cl)ccc2F)cc1Nc1ccnc2c1cc(C(=O)O)n2COCC[Si](C)(C)C.[H-].[Li+]. The molecule has 0 amide bonds. The second-order valence-electron chi connectivity index (χ2n) is 9.68. The Morgan fingerprint density at radius 3 is 2.65 bits per heavy atom. The van der Waals surface area contributed by atoms with E-state index < -0.39 is 19.9 Å². The van der Waals surface area contributed by atoms with Crippen molar-refractivity contribution >= 4 is 48.1 Å². The third-order valence-electron chi connectivity index (χ3n) is 5.68. The van der Waals surface area contributed by atoms with E-state index in [0.29, 0.717) is 45.4 Å². The van der Waals surface area contributed by atoms with Crippen LogP contribution in [0, 0.1) is 12.7 Å². The van der Waals surface area contributed by atoms with Crippen molar-refractivity contribution in [1.29, 1.82) is 0 Å². The maximum absolute atomic E-state index is 14.4. The van der Waals surface area contributed by atoms with Gasteiger partial charge < -0.3 is 16.6 Å². The molecule has 0 radical (unpaired) electrons. The number of aromatic nitrogens is 4. The molecule has 0 saturated heterocycles. The number of carboxylic acid groups (broad SMARTS) is 1. The first-order chi connectivity index (χ1) is 17.0. The first kappa shape index (κ1) is 28.8. The number of pyridine rings is 1. The van der Waals surface area contributed by atoms with Crippen LogP contribution in [0.5, 0.6) is 0 Å². The predicted molar refractivity (Wildman–Crippen MR) is 142 cm³/mol. The number of ether oxygens (including phenoxy) is 1. The van der Waals surface area contributed by atoms with E-state index in [0.717, 1.165) is 6.04 Å². The Morgan fingerprint density at radius 2 is 1.95 bits per heavy atom. The molecule has 8 nitrogen and oxygen atoms in total. The summed E-state index contributed by atoms with van der Waals surface area (Å²) in [6, 6.07) is 10.2. The summed E-state index contributed by atoms with van der Waals surface area (Å²) >= 11 is 6.05. The minimum atomic E-state index is -1.28. The van der Waals surface area contributed by atoms with Crippen LogP contribution in [0.15, 0.2) is 42.6 Å². The summed E-state index contributed by atoms with van der Waals surface area (Å²) in [6.07, 6.45) is 1.59. The molecule has 0 bridgehead atoms. The van der Waals surface area contributed by atoms with Crippen LogP contribution >= 0.6 is 11.6 Å². The number of carbonyl (C=O) groups is 1. The van der Waals surface area contributed by atoms with E-state index in [1.807, 2.05) is 0 Å². The summed E-state index contributed by atoms with van der Waals surface area (Å²) in [5.41, 5.74) is 2.89. The van der Waals surface area contributed by atoms with Crippen molar-refractivity contribution in [3.63, 3.8) is 0 Å². The zero-order valence-corrected chi connectivity index (χ0v) is 23.2. The van der Waals surface area contributed by atoms with Gasteiger partial charge in [0.1, 0.15) is 23.9 Å². The summed E-state index contributed by atoms with van der Waals surface area (Å²) in [4.78, 5) is 16.4. The minimum Gasteiger partial charge on any atom is -1.00 e. The van der Waals surface area contributed by atoms with Gasteiger partial charge in [-0.1, -0.05) is 31.2 Å². The van der Waals surface area contributed by atoms with Gasteiger partial charge in [0.2, 0.25) is 0 Å². The van der Waals surface area contributed by atoms with Crippen molar-refractivity contribution in [3.05, 3.63) is 64.8 Å². The molecule has 0 saturated carbocycles. The van der Waals surface area contributed by atoms with Crippen LogP contribution in [0.25, 0.3) is 22.3 Å². The van der Waals surface area contributed by atoms with Gasteiger partial charge >= 0.3 is 24.8 Å². The molecule has 0 aliphatic carbocycles. The van der Waals surface area contributed by atoms with E-state index in [-0.39, 0.29) is 38.3 Å². The number of halogens is 2. The molecular weight excluding hydrogens is 508 g/mol. The Bertz CT molecular complexity index is 1450. The Kier molecular flexibility index (Phi) is 9.15. The minimum absolute atomic E-state index is 0. The van der Waals surface area contributed by atoms with Crippen molar-refractivity contribution in [2.75, 3.05) is 11.9 Å². The number of benzene rings is 1. The van der Waals surface area contributed by atoms with Crippen LogP contribution < -0.4 is 24.2 Å². The number of hydrogen-bond donors (Lipinski definition) is 2. The quantitative estimate of drug-likeness (QED) is 0.250. The molecule has 2 N–H and O–H groups in total. The standard InChI is InChI=1S/C25H27ClFN5O3Si.Li.H/c1-15-21(13-22(31-30-15)17-11-16(26)5-6-19(17)27)29-20-7-8-28-24-18(20)12-23(25(33)34)32(24)14-35-9-10-36(2,3)4;;/h5-8,11-13H,9-10,14H2,1-4H3,(H,33,34)(H,28,29,31);;/q;+1;-1. The fraction of sp³-hybridized carbons (Fsp3) is 0.280. The molecule has 3 heterocycles. The van der Waals surface area contributed by atoms with Gasteiger partial charge in [-0.3, -0.25) is 4.57 Å². The van der Waals surface area contributed by atoms with E-state index in [1.54, 1.807) is 35.9 Å². The Balaban J connectivity index is 0.00000253. The average molecular weight is 536 g/mol. The molecule has 0 aliphatic heterocycles. The zero-order chi connectivity index (χ0) is 26.0. The Labute approximate surface area is 233 Å². The number of carboxylic acids is 1. The number of nitrogens with one attached hydrogen (secondary N) is 1. The molecule has 12 heteroatoms. The number of rotatable bonds is 9. The van der Waals surface area contributed by atoms with Crippen LogP contribution in [-0.2, 0) is 11.5 Å². The molecule has 190 valence electrons. The van der Waals surface area contributed by atoms with Gasteiger partial charge in [0.25, 0.3) is 0 Å². The fourth-order valence-corrected chi connectivity index (χ4v) is 4.58. The maximum atomic E-state index is 14.4. The number of nitrogens with zero attached hydrogens (tertiary/aromatic N) is 4. The maximum Gasteiger partial charge on any atom is 1.00 e. The average Bonchev–Trinajstić information content (AvgIpc) is 3.19. The normalized spacial score (nSPS) is 11.4.